The van der Waals surface area contributed by atoms with Gasteiger partial charge in [-0.2, -0.15) is 0 Å². The second kappa shape index (κ2) is 3.81. The molecule has 1 heterocycles. The molecule has 0 fully saturated rings. The lowest BCUT2D eigenvalue weighted by Gasteiger charge is -2.05. The van der Waals surface area contributed by atoms with Gasteiger partial charge in [0.25, 0.3) is 0 Å². The molecule has 4 N–H and O–H groups in total. The van der Waals surface area contributed by atoms with E-state index in [4.69, 9.17) is 15.9 Å². The number of aromatic hydroxyl groups is 2. The number of rotatable bonds is 3. The maximum absolute atomic E-state index is 10.9. The minimum atomic E-state index is -0.621. The Morgan fingerprint density at radius 1 is 1.46 bits per heavy atom. The van der Waals surface area contributed by atoms with Crippen molar-refractivity contribution in [1.29, 1.82) is 0 Å². The van der Waals surface area contributed by atoms with Crippen molar-refractivity contribution in [2.24, 2.45) is 5.73 Å². The highest BCUT2D eigenvalue weighted by atomic mass is 16.7. The van der Waals surface area contributed by atoms with Gasteiger partial charge in [-0.3, -0.25) is 0 Å². The minimum Gasteiger partial charge on any atom is -0.492 e. The fraction of sp³-hybridized carbons (Fsp3) is 0.286. The van der Waals surface area contributed by atoms with Gasteiger partial charge in [0, 0.05) is 18.7 Å². The molecule has 0 aromatic carbocycles. The summed E-state index contributed by atoms with van der Waals surface area (Å²) in [6.07, 6.45) is 0.0249. The van der Waals surface area contributed by atoms with Crippen LogP contribution in [0.15, 0.2) is 12.1 Å². The van der Waals surface area contributed by atoms with Crippen LogP contribution in [0.1, 0.15) is 6.42 Å². The van der Waals surface area contributed by atoms with E-state index < -0.39 is 5.97 Å². The first-order valence-corrected chi connectivity index (χ1v) is 3.66. The van der Waals surface area contributed by atoms with Crippen LogP contribution in [-0.2, 0) is 4.79 Å². The standard InChI is InChI=1S/C7H10N2O4/c8-4-3-7(12)13-9-5(10)1-2-6(9)11/h1-2,10-11H,3-4,8H2. The second-order valence-corrected chi connectivity index (χ2v) is 2.35. The van der Waals surface area contributed by atoms with Crippen molar-refractivity contribution in [1.82, 2.24) is 4.73 Å². The third kappa shape index (κ3) is 2.12. The molecule has 0 atom stereocenters. The number of carbonyl (C=O) groups is 1. The topological polar surface area (TPSA) is 97.7 Å². The van der Waals surface area contributed by atoms with Crippen molar-refractivity contribution in [3.63, 3.8) is 0 Å². The van der Waals surface area contributed by atoms with E-state index in [0.717, 1.165) is 0 Å². The molecule has 0 saturated heterocycles. The van der Waals surface area contributed by atoms with Crippen molar-refractivity contribution in [3.8, 4) is 11.8 Å². The van der Waals surface area contributed by atoms with Crippen LogP contribution in [0.4, 0.5) is 0 Å². The van der Waals surface area contributed by atoms with Gasteiger partial charge < -0.3 is 20.8 Å². The molecule has 0 bridgehead atoms. The second-order valence-electron chi connectivity index (χ2n) is 2.35. The van der Waals surface area contributed by atoms with E-state index in [0.29, 0.717) is 4.73 Å². The van der Waals surface area contributed by atoms with Crippen LogP contribution in [0.25, 0.3) is 0 Å². The van der Waals surface area contributed by atoms with Crippen LogP contribution in [0.2, 0.25) is 0 Å². The molecule has 6 heteroatoms. The summed E-state index contributed by atoms with van der Waals surface area (Å²) in [4.78, 5) is 15.4. The molecular formula is C7H10N2O4. The van der Waals surface area contributed by atoms with Crippen molar-refractivity contribution in [2.45, 2.75) is 6.42 Å². The summed E-state index contributed by atoms with van der Waals surface area (Å²) in [5, 5.41) is 18.1. The van der Waals surface area contributed by atoms with E-state index in [1.165, 1.54) is 12.1 Å². The summed E-state index contributed by atoms with van der Waals surface area (Å²) in [5.41, 5.74) is 5.10. The molecule has 1 rings (SSSR count). The van der Waals surface area contributed by atoms with Crippen molar-refractivity contribution < 1.29 is 19.8 Å². The highest BCUT2D eigenvalue weighted by Gasteiger charge is 2.10. The Morgan fingerprint density at radius 3 is 2.46 bits per heavy atom. The summed E-state index contributed by atoms with van der Waals surface area (Å²) < 4.78 is 0.623. The fourth-order valence-corrected chi connectivity index (χ4v) is 0.761. The molecular weight excluding hydrogens is 176 g/mol. The van der Waals surface area contributed by atoms with E-state index in [1.807, 2.05) is 0 Å². The Kier molecular flexibility index (Phi) is 2.76. The first-order chi connectivity index (χ1) is 6.15. The van der Waals surface area contributed by atoms with Gasteiger partial charge in [0.15, 0.2) is 0 Å². The Labute approximate surface area is 74.1 Å². The molecule has 0 saturated carbocycles. The zero-order valence-corrected chi connectivity index (χ0v) is 6.80. The molecule has 13 heavy (non-hydrogen) atoms. The molecule has 0 amide bonds. The Balaban J connectivity index is 2.68. The summed E-state index contributed by atoms with van der Waals surface area (Å²) in [6, 6.07) is 2.40. The lowest BCUT2D eigenvalue weighted by Crippen LogP contribution is -2.21. The van der Waals surface area contributed by atoms with Gasteiger partial charge in [0.05, 0.1) is 6.42 Å². The molecule has 0 aliphatic carbocycles. The number of aromatic nitrogens is 1. The van der Waals surface area contributed by atoms with E-state index in [-0.39, 0.29) is 24.7 Å². The van der Waals surface area contributed by atoms with Gasteiger partial charge in [-0.15, -0.1) is 4.73 Å². The monoisotopic (exact) mass is 186 g/mol. The number of nitrogens with two attached hydrogens (primary N) is 1. The van der Waals surface area contributed by atoms with Gasteiger partial charge in [-0.1, -0.05) is 0 Å². The molecule has 0 aliphatic heterocycles. The molecule has 0 radical (unpaired) electrons. The quantitative estimate of drug-likeness (QED) is 0.574. The number of carbonyl (C=O) groups excluding carboxylic acids is 1. The van der Waals surface area contributed by atoms with Crippen LogP contribution in [0.5, 0.6) is 11.8 Å². The predicted molar refractivity (Wildman–Crippen MR) is 43.0 cm³/mol. The predicted octanol–water partition coefficient (Wildman–Crippen LogP) is -0.797. The van der Waals surface area contributed by atoms with Crippen LogP contribution in [0, 0.1) is 0 Å². The molecule has 72 valence electrons. The number of nitrogens with zero attached hydrogens (tertiary/aromatic N) is 1. The Morgan fingerprint density at radius 2 is 2.00 bits per heavy atom. The molecule has 1 aromatic rings. The number of hydrogen-bond acceptors (Lipinski definition) is 5. The molecule has 6 nitrogen and oxygen atoms in total. The van der Waals surface area contributed by atoms with Crippen molar-refractivity contribution >= 4 is 5.97 Å². The van der Waals surface area contributed by atoms with E-state index in [9.17, 15) is 4.79 Å². The zero-order valence-electron chi connectivity index (χ0n) is 6.80. The summed E-state index contributed by atoms with van der Waals surface area (Å²) in [7, 11) is 0. The van der Waals surface area contributed by atoms with E-state index >= 15 is 0 Å². The van der Waals surface area contributed by atoms with Gasteiger partial charge in [0.2, 0.25) is 11.8 Å². The van der Waals surface area contributed by atoms with Crippen LogP contribution in [0.3, 0.4) is 0 Å². The molecule has 0 aliphatic rings. The van der Waals surface area contributed by atoms with E-state index in [1.54, 1.807) is 0 Å². The Hall–Kier alpha value is -1.69. The third-order valence-corrected chi connectivity index (χ3v) is 1.34. The lowest BCUT2D eigenvalue weighted by molar-refractivity contribution is -0.145. The molecule has 0 unspecified atom stereocenters. The first kappa shape index (κ1) is 9.40. The fourth-order valence-electron chi connectivity index (χ4n) is 0.761. The van der Waals surface area contributed by atoms with Crippen molar-refractivity contribution in [2.75, 3.05) is 6.54 Å². The van der Waals surface area contributed by atoms with Crippen LogP contribution in [-0.4, -0.2) is 27.5 Å². The molecule has 1 aromatic heterocycles. The number of hydrogen-bond donors (Lipinski definition) is 3. The zero-order chi connectivity index (χ0) is 9.84. The maximum Gasteiger partial charge on any atom is 0.334 e. The van der Waals surface area contributed by atoms with Crippen LogP contribution < -0.4 is 10.6 Å². The lowest BCUT2D eigenvalue weighted by atomic mass is 10.4. The minimum absolute atomic E-state index is 0.0249. The Bertz CT molecular complexity index is 288. The summed E-state index contributed by atoms with van der Waals surface area (Å²) in [5.74, 6) is -1.31. The summed E-state index contributed by atoms with van der Waals surface area (Å²) >= 11 is 0. The summed E-state index contributed by atoms with van der Waals surface area (Å²) in [6.45, 7) is 0.154. The largest absolute Gasteiger partial charge is 0.492 e. The van der Waals surface area contributed by atoms with Gasteiger partial charge >= 0.3 is 5.97 Å². The highest BCUT2D eigenvalue weighted by Crippen LogP contribution is 2.18. The third-order valence-electron chi connectivity index (χ3n) is 1.34. The first-order valence-electron chi connectivity index (χ1n) is 3.66. The van der Waals surface area contributed by atoms with Crippen molar-refractivity contribution in [3.05, 3.63) is 12.1 Å². The smallest absolute Gasteiger partial charge is 0.334 e. The maximum atomic E-state index is 10.9. The SMILES string of the molecule is NCCC(=O)On1c(O)ccc1O. The van der Waals surface area contributed by atoms with Crippen LogP contribution >= 0.6 is 0 Å². The van der Waals surface area contributed by atoms with E-state index in [2.05, 4.69) is 4.84 Å². The van der Waals surface area contributed by atoms with Gasteiger partial charge in [-0.25, -0.2) is 4.79 Å². The normalized spacial score (nSPS) is 9.92. The molecule has 0 spiro atoms. The highest BCUT2D eigenvalue weighted by molar-refractivity contribution is 5.70. The van der Waals surface area contributed by atoms with Gasteiger partial charge in [0.1, 0.15) is 0 Å². The average Bonchev–Trinajstić information content (AvgIpc) is 2.36. The average molecular weight is 186 g/mol. The van der Waals surface area contributed by atoms with Gasteiger partial charge in [-0.05, 0) is 0 Å².